The van der Waals surface area contributed by atoms with Gasteiger partial charge in [-0.25, -0.2) is 0 Å². The minimum Gasteiger partial charge on any atom is -0.497 e. The number of nitrogen functional groups attached to an aromatic ring is 1. The molecular weight excluding hydrogens is 240 g/mol. The summed E-state index contributed by atoms with van der Waals surface area (Å²) in [5.74, 6) is 1.69. The molecule has 3 rings (SSSR count). The van der Waals surface area contributed by atoms with Crippen LogP contribution in [0.15, 0.2) is 28.8 Å². The van der Waals surface area contributed by atoms with Crippen LogP contribution in [0, 0.1) is 0 Å². The molecule has 1 aromatic heterocycles. The Morgan fingerprint density at radius 2 is 2.11 bits per heavy atom. The van der Waals surface area contributed by atoms with E-state index in [-0.39, 0.29) is 0 Å². The van der Waals surface area contributed by atoms with Gasteiger partial charge in [-0.3, -0.25) is 0 Å². The number of ether oxygens (including phenoxy) is 1. The van der Waals surface area contributed by atoms with E-state index in [1.54, 1.807) is 7.11 Å². The van der Waals surface area contributed by atoms with Gasteiger partial charge in [-0.1, -0.05) is 30.1 Å². The van der Waals surface area contributed by atoms with E-state index in [1.165, 1.54) is 25.7 Å². The monoisotopic (exact) mass is 258 g/mol. The first-order chi connectivity index (χ1) is 9.29. The van der Waals surface area contributed by atoms with Crippen LogP contribution in [0.2, 0.25) is 0 Å². The van der Waals surface area contributed by atoms with Crippen molar-refractivity contribution in [2.75, 3.05) is 12.8 Å². The lowest BCUT2D eigenvalue weighted by Crippen LogP contribution is -1.96. The topological polar surface area (TPSA) is 61.3 Å². The molecule has 1 aliphatic carbocycles. The van der Waals surface area contributed by atoms with Crippen LogP contribution >= 0.6 is 0 Å². The molecule has 19 heavy (non-hydrogen) atoms. The molecule has 4 heteroatoms. The Morgan fingerprint density at radius 1 is 1.32 bits per heavy atom. The molecule has 0 unspecified atom stereocenters. The molecule has 2 aromatic rings. The third kappa shape index (κ3) is 2.18. The summed E-state index contributed by atoms with van der Waals surface area (Å²) in [4.78, 5) is 0. The minimum absolute atomic E-state index is 0.398. The van der Waals surface area contributed by atoms with Gasteiger partial charge in [0, 0.05) is 5.92 Å². The third-order valence-electron chi connectivity index (χ3n) is 3.85. The molecule has 1 aliphatic rings. The largest absolute Gasteiger partial charge is 0.497 e. The second-order valence-corrected chi connectivity index (χ2v) is 5.02. The van der Waals surface area contributed by atoms with E-state index in [4.69, 9.17) is 15.0 Å². The van der Waals surface area contributed by atoms with E-state index in [2.05, 4.69) is 5.16 Å². The van der Waals surface area contributed by atoms with E-state index in [0.29, 0.717) is 11.8 Å². The number of aromatic nitrogens is 1. The molecule has 0 amide bonds. The highest BCUT2D eigenvalue weighted by Crippen LogP contribution is 2.41. The first-order valence-corrected chi connectivity index (χ1v) is 6.69. The van der Waals surface area contributed by atoms with Gasteiger partial charge in [0.15, 0.2) is 0 Å². The molecule has 0 radical (unpaired) electrons. The van der Waals surface area contributed by atoms with Gasteiger partial charge < -0.3 is 15.0 Å². The number of rotatable bonds is 3. The van der Waals surface area contributed by atoms with Crippen molar-refractivity contribution in [3.63, 3.8) is 0 Å². The van der Waals surface area contributed by atoms with E-state index < -0.39 is 0 Å². The number of benzene rings is 1. The second kappa shape index (κ2) is 4.96. The van der Waals surface area contributed by atoms with Gasteiger partial charge >= 0.3 is 0 Å². The average molecular weight is 258 g/mol. The quantitative estimate of drug-likeness (QED) is 0.913. The van der Waals surface area contributed by atoms with Crippen LogP contribution in [-0.4, -0.2) is 12.3 Å². The third-order valence-corrected chi connectivity index (χ3v) is 3.85. The maximum Gasteiger partial charge on any atom is 0.230 e. The Hall–Kier alpha value is -1.97. The van der Waals surface area contributed by atoms with Gasteiger partial charge in [0.1, 0.15) is 5.75 Å². The first kappa shape index (κ1) is 12.1. The fourth-order valence-corrected chi connectivity index (χ4v) is 2.86. The fraction of sp³-hybridized carbons (Fsp3) is 0.400. The second-order valence-electron chi connectivity index (χ2n) is 5.02. The lowest BCUT2D eigenvalue weighted by atomic mass is 9.95. The van der Waals surface area contributed by atoms with E-state index in [1.807, 2.05) is 24.3 Å². The van der Waals surface area contributed by atoms with Crippen molar-refractivity contribution in [2.24, 2.45) is 0 Å². The van der Waals surface area contributed by atoms with E-state index in [0.717, 1.165) is 22.6 Å². The molecule has 0 aliphatic heterocycles. The number of hydrogen-bond acceptors (Lipinski definition) is 4. The van der Waals surface area contributed by atoms with Gasteiger partial charge in [-0.05, 0) is 30.5 Å². The molecule has 2 N–H and O–H groups in total. The smallest absolute Gasteiger partial charge is 0.230 e. The van der Waals surface area contributed by atoms with Crippen LogP contribution in [0.25, 0.3) is 11.1 Å². The Morgan fingerprint density at radius 3 is 2.84 bits per heavy atom. The van der Waals surface area contributed by atoms with Gasteiger partial charge in [0.2, 0.25) is 5.88 Å². The molecular formula is C15H18N2O2. The standard InChI is InChI=1S/C15H18N2O2/c1-18-12-8-4-7-11(9-12)13-14(17-19-15(13)16)10-5-2-3-6-10/h4,7-10H,2-3,5-6,16H2,1H3. The van der Waals surface area contributed by atoms with E-state index in [9.17, 15) is 0 Å². The van der Waals surface area contributed by atoms with Gasteiger partial charge in [0.05, 0.1) is 18.4 Å². The highest BCUT2D eigenvalue weighted by Gasteiger charge is 2.26. The Labute approximate surface area is 112 Å². The van der Waals surface area contributed by atoms with Gasteiger partial charge in [0.25, 0.3) is 0 Å². The Bertz CT molecular complexity index is 571. The summed E-state index contributed by atoms with van der Waals surface area (Å²) < 4.78 is 10.5. The normalized spacial score (nSPS) is 15.8. The number of hydrogen-bond donors (Lipinski definition) is 1. The minimum atomic E-state index is 0.398. The molecule has 4 nitrogen and oxygen atoms in total. The van der Waals surface area contributed by atoms with Crippen LogP contribution in [-0.2, 0) is 0 Å². The van der Waals surface area contributed by atoms with Crippen molar-refractivity contribution in [1.29, 1.82) is 0 Å². The van der Waals surface area contributed by atoms with Gasteiger partial charge in [-0.15, -0.1) is 0 Å². The molecule has 1 saturated carbocycles. The highest BCUT2D eigenvalue weighted by molar-refractivity contribution is 5.76. The number of nitrogens with two attached hydrogens (primary N) is 1. The van der Waals surface area contributed by atoms with Crippen molar-refractivity contribution in [2.45, 2.75) is 31.6 Å². The molecule has 1 aromatic carbocycles. The SMILES string of the molecule is COc1cccc(-c2c(C3CCCC3)noc2N)c1. The lowest BCUT2D eigenvalue weighted by molar-refractivity contribution is 0.415. The van der Waals surface area contributed by atoms with Crippen LogP contribution in [0.4, 0.5) is 5.88 Å². The number of nitrogens with zero attached hydrogens (tertiary/aromatic N) is 1. The summed E-state index contributed by atoms with van der Waals surface area (Å²) >= 11 is 0. The Kier molecular flexibility index (Phi) is 3.15. The summed E-state index contributed by atoms with van der Waals surface area (Å²) in [7, 11) is 1.66. The number of methoxy groups -OCH3 is 1. The van der Waals surface area contributed by atoms with Crippen LogP contribution in [0.1, 0.15) is 37.3 Å². The molecule has 1 fully saturated rings. The Balaban J connectivity index is 2.05. The summed E-state index contributed by atoms with van der Waals surface area (Å²) in [6.07, 6.45) is 4.86. The average Bonchev–Trinajstić information content (AvgIpc) is 3.07. The van der Waals surface area contributed by atoms with E-state index >= 15 is 0 Å². The summed E-state index contributed by atoms with van der Waals surface area (Å²) in [5.41, 5.74) is 8.92. The maximum atomic E-state index is 5.96. The lowest BCUT2D eigenvalue weighted by Gasteiger charge is -2.09. The molecule has 0 bridgehead atoms. The van der Waals surface area contributed by atoms with Crippen LogP contribution < -0.4 is 10.5 Å². The maximum absolute atomic E-state index is 5.96. The zero-order chi connectivity index (χ0) is 13.2. The fourth-order valence-electron chi connectivity index (χ4n) is 2.86. The van der Waals surface area contributed by atoms with Gasteiger partial charge in [-0.2, -0.15) is 0 Å². The van der Waals surface area contributed by atoms with Crippen molar-refractivity contribution in [3.05, 3.63) is 30.0 Å². The van der Waals surface area contributed by atoms with Crippen molar-refractivity contribution in [3.8, 4) is 16.9 Å². The molecule has 100 valence electrons. The van der Waals surface area contributed by atoms with Crippen molar-refractivity contribution < 1.29 is 9.26 Å². The van der Waals surface area contributed by atoms with Crippen LogP contribution in [0.3, 0.4) is 0 Å². The summed E-state index contributed by atoms with van der Waals surface area (Å²) in [5, 5.41) is 4.19. The molecule has 0 atom stereocenters. The molecule has 1 heterocycles. The number of anilines is 1. The molecule has 0 spiro atoms. The predicted molar refractivity (Wildman–Crippen MR) is 74.1 cm³/mol. The highest BCUT2D eigenvalue weighted by atomic mass is 16.5. The predicted octanol–water partition coefficient (Wildman–Crippen LogP) is 3.59. The van der Waals surface area contributed by atoms with Crippen molar-refractivity contribution in [1.82, 2.24) is 5.16 Å². The summed E-state index contributed by atoms with van der Waals surface area (Å²) in [6, 6.07) is 7.87. The molecule has 0 saturated heterocycles. The van der Waals surface area contributed by atoms with Crippen molar-refractivity contribution >= 4 is 5.88 Å². The zero-order valence-electron chi connectivity index (χ0n) is 11.1. The summed E-state index contributed by atoms with van der Waals surface area (Å²) in [6.45, 7) is 0. The van der Waals surface area contributed by atoms with Crippen LogP contribution in [0.5, 0.6) is 5.75 Å². The zero-order valence-corrected chi connectivity index (χ0v) is 11.1. The first-order valence-electron chi connectivity index (χ1n) is 6.69.